The molecular weight excluding hydrogens is 276 g/mol. The lowest BCUT2D eigenvalue weighted by Gasteiger charge is -2.48. The van der Waals surface area contributed by atoms with E-state index in [4.69, 9.17) is 9.84 Å². The lowest BCUT2D eigenvalue weighted by atomic mass is 9.97. The highest BCUT2D eigenvalue weighted by Gasteiger charge is 2.48. The van der Waals surface area contributed by atoms with Gasteiger partial charge in [0.1, 0.15) is 12.2 Å². The zero-order valence-electron chi connectivity index (χ0n) is 12.2. The Bertz CT molecular complexity index is 449. The van der Waals surface area contributed by atoms with Crippen molar-refractivity contribution in [2.75, 3.05) is 32.8 Å². The van der Waals surface area contributed by atoms with Crippen molar-refractivity contribution in [3.05, 3.63) is 0 Å². The number of carbonyl (C=O) groups excluding carboxylic acids is 1. The number of fused-ring (bicyclic) bond motifs is 1. The number of rotatable bonds is 3. The molecule has 0 aromatic rings. The number of carboxylic acids is 1. The molecule has 21 heavy (non-hydrogen) atoms. The molecule has 118 valence electrons. The number of aliphatic hydroxyl groups is 1. The summed E-state index contributed by atoms with van der Waals surface area (Å²) in [6.07, 6.45) is 1.57. The van der Waals surface area contributed by atoms with Gasteiger partial charge in [0, 0.05) is 19.0 Å². The monoisotopic (exact) mass is 298 g/mol. The average molecular weight is 298 g/mol. The summed E-state index contributed by atoms with van der Waals surface area (Å²) in [4.78, 5) is 26.4. The molecule has 3 aliphatic rings. The fraction of sp³-hybridized carbons (Fsp3) is 0.857. The second-order valence-corrected chi connectivity index (χ2v) is 6.74. The molecule has 2 saturated heterocycles. The Morgan fingerprint density at radius 3 is 2.57 bits per heavy atom. The molecule has 3 unspecified atom stereocenters. The maximum atomic E-state index is 12.4. The van der Waals surface area contributed by atoms with Gasteiger partial charge in [0.25, 0.3) is 0 Å². The van der Waals surface area contributed by atoms with Crippen molar-refractivity contribution < 1.29 is 24.5 Å². The Labute approximate surface area is 123 Å². The van der Waals surface area contributed by atoms with Crippen LogP contribution in [0.4, 0.5) is 4.79 Å². The number of urea groups is 1. The zero-order chi connectivity index (χ0) is 15.2. The van der Waals surface area contributed by atoms with Gasteiger partial charge in [-0.3, -0.25) is 0 Å². The van der Waals surface area contributed by atoms with Crippen LogP contribution in [0.25, 0.3) is 0 Å². The van der Waals surface area contributed by atoms with Gasteiger partial charge in [0.2, 0.25) is 0 Å². The zero-order valence-corrected chi connectivity index (χ0v) is 12.2. The first-order chi connectivity index (χ1) is 9.88. The van der Waals surface area contributed by atoms with Crippen LogP contribution in [0.1, 0.15) is 19.8 Å². The molecule has 2 aliphatic heterocycles. The van der Waals surface area contributed by atoms with Crippen LogP contribution in [0.2, 0.25) is 0 Å². The smallest absolute Gasteiger partial charge is 0.329 e. The van der Waals surface area contributed by atoms with E-state index in [1.807, 2.05) is 11.8 Å². The highest BCUT2D eigenvalue weighted by atomic mass is 16.5. The predicted molar refractivity (Wildman–Crippen MR) is 72.8 cm³/mol. The molecule has 0 aromatic carbocycles. The van der Waals surface area contributed by atoms with Gasteiger partial charge in [-0.25, -0.2) is 9.59 Å². The van der Waals surface area contributed by atoms with Crippen LogP contribution in [-0.4, -0.2) is 76.5 Å². The number of carbonyl (C=O) groups is 2. The standard InChI is InChI=1S/C14H22N2O5/c1-14(21-6-12(18)19)7-16(8-14)13(20)15-4-9-2-3-11(17)10(9)5-15/h9-11,17H,2-8H2,1H3,(H,18,19). The summed E-state index contributed by atoms with van der Waals surface area (Å²) in [6, 6.07) is -0.0204. The van der Waals surface area contributed by atoms with Gasteiger partial charge in [-0.05, 0) is 25.7 Å². The molecule has 3 fully saturated rings. The summed E-state index contributed by atoms with van der Waals surface area (Å²) in [5.41, 5.74) is -0.552. The van der Waals surface area contributed by atoms with Crippen LogP contribution < -0.4 is 0 Å². The lowest BCUT2D eigenvalue weighted by Crippen LogP contribution is -2.65. The van der Waals surface area contributed by atoms with Crippen molar-refractivity contribution in [3.8, 4) is 0 Å². The maximum absolute atomic E-state index is 12.4. The first-order valence-corrected chi connectivity index (χ1v) is 7.46. The minimum Gasteiger partial charge on any atom is -0.480 e. The number of amides is 2. The number of nitrogens with zero attached hydrogens (tertiary/aromatic N) is 2. The van der Waals surface area contributed by atoms with E-state index in [1.165, 1.54) is 0 Å². The van der Waals surface area contributed by atoms with E-state index in [2.05, 4.69) is 0 Å². The highest BCUT2D eigenvalue weighted by molar-refractivity contribution is 5.76. The second-order valence-electron chi connectivity index (χ2n) is 6.74. The van der Waals surface area contributed by atoms with Crippen LogP contribution in [0.15, 0.2) is 0 Å². The van der Waals surface area contributed by atoms with Crippen molar-refractivity contribution in [1.82, 2.24) is 9.80 Å². The summed E-state index contributed by atoms with van der Waals surface area (Å²) < 4.78 is 5.31. The first kappa shape index (κ1) is 14.6. The molecule has 2 amide bonds. The highest BCUT2D eigenvalue weighted by Crippen LogP contribution is 2.39. The number of ether oxygens (including phenoxy) is 1. The van der Waals surface area contributed by atoms with Crippen LogP contribution in [0, 0.1) is 11.8 Å². The minimum atomic E-state index is -0.998. The molecule has 3 atom stereocenters. The fourth-order valence-corrected chi connectivity index (χ4v) is 3.82. The molecule has 2 N–H and O–H groups in total. The van der Waals surface area contributed by atoms with Crippen molar-refractivity contribution in [1.29, 1.82) is 0 Å². The Hall–Kier alpha value is -1.34. The van der Waals surface area contributed by atoms with Crippen LogP contribution in [0.5, 0.6) is 0 Å². The molecule has 0 radical (unpaired) electrons. The van der Waals surface area contributed by atoms with E-state index in [9.17, 15) is 14.7 Å². The number of aliphatic hydroxyl groups excluding tert-OH is 1. The number of hydrogen-bond donors (Lipinski definition) is 2. The summed E-state index contributed by atoms with van der Waals surface area (Å²) >= 11 is 0. The van der Waals surface area contributed by atoms with Gasteiger partial charge < -0.3 is 24.7 Å². The molecule has 7 heteroatoms. The minimum absolute atomic E-state index is 0.0204. The number of likely N-dealkylation sites (tertiary alicyclic amines) is 2. The largest absolute Gasteiger partial charge is 0.480 e. The lowest BCUT2D eigenvalue weighted by molar-refractivity contribution is -0.160. The molecule has 2 heterocycles. The third-order valence-corrected chi connectivity index (χ3v) is 4.95. The van der Waals surface area contributed by atoms with Gasteiger partial charge in [0.15, 0.2) is 0 Å². The molecular formula is C14H22N2O5. The van der Waals surface area contributed by atoms with E-state index in [1.54, 1.807) is 4.90 Å². The van der Waals surface area contributed by atoms with Crippen molar-refractivity contribution in [2.24, 2.45) is 11.8 Å². The third-order valence-electron chi connectivity index (χ3n) is 4.95. The van der Waals surface area contributed by atoms with Crippen LogP contribution in [-0.2, 0) is 9.53 Å². The van der Waals surface area contributed by atoms with E-state index in [0.717, 1.165) is 19.4 Å². The van der Waals surface area contributed by atoms with Crippen LogP contribution in [0.3, 0.4) is 0 Å². The summed E-state index contributed by atoms with van der Waals surface area (Å²) in [6.45, 7) is 3.69. The van der Waals surface area contributed by atoms with Crippen LogP contribution >= 0.6 is 0 Å². The maximum Gasteiger partial charge on any atom is 0.329 e. The number of carboxylic acid groups (broad SMARTS) is 1. The first-order valence-electron chi connectivity index (χ1n) is 7.46. The van der Waals surface area contributed by atoms with Crippen molar-refractivity contribution >= 4 is 12.0 Å². The Morgan fingerprint density at radius 2 is 1.95 bits per heavy atom. The number of hydrogen-bond acceptors (Lipinski definition) is 4. The molecule has 0 aromatic heterocycles. The summed E-state index contributed by atoms with van der Waals surface area (Å²) in [5.74, 6) is -0.341. The van der Waals surface area contributed by atoms with Gasteiger partial charge >= 0.3 is 12.0 Å². The molecule has 3 rings (SSSR count). The Morgan fingerprint density at radius 1 is 1.24 bits per heavy atom. The average Bonchev–Trinajstić information content (AvgIpc) is 2.95. The topological polar surface area (TPSA) is 90.3 Å². The summed E-state index contributed by atoms with van der Waals surface area (Å²) in [5, 5.41) is 18.5. The molecule has 0 spiro atoms. The fourth-order valence-electron chi connectivity index (χ4n) is 3.82. The summed E-state index contributed by atoms with van der Waals surface area (Å²) in [7, 11) is 0. The van der Waals surface area contributed by atoms with Gasteiger partial charge in [-0.2, -0.15) is 0 Å². The van der Waals surface area contributed by atoms with Crippen molar-refractivity contribution in [3.63, 3.8) is 0 Å². The van der Waals surface area contributed by atoms with Gasteiger partial charge in [0.05, 0.1) is 19.2 Å². The van der Waals surface area contributed by atoms with E-state index in [0.29, 0.717) is 25.6 Å². The molecule has 1 saturated carbocycles. The SMILES string of the molecule is CC1(OCC(=O)O)CN(C(=O)N2CC3CCC(O)C3C2)C1. The number of aliphatic carboxylic acids is 1. The normalized spacial score (nSPS) is 33.7. The van der Waals surface area contributed by atoms with E-state index >= 15 is 0 Å². The predicted octanol–water partition coefficient (Wildman–Crippen LogP) is -0.0154. The second kappa shape index (κ2) is 5.14. The molecule has 1 aliphatic carbocycles. The molecule has 0 bridgehead atoms. The third kappa shape index (κ3) is 2.72. The van der Waals surface area contributed by atoms with Crippen molar-refractivity contribution in [2.45, 2.75) is 31.5 Å². The Kier molecular flexibility index (Phi) is 3.57. The van der Waals surface area contributed by atoms with E-state index < -0.39 is 11.6 Å². The Balaban J connectivity index is 1.49. The molecule has 7 nitrogen and oxygen atoms in total. The van der Waals surface area contributed by atoms with Gasteiger partial charge in [-0.15, -0.1) is 0 Å². The quantitative estimate of drug-likeness (QED) is 0.764. The van der Waals surface area contributed by atoms with E-state index in [-0.39, 0.29) is 24.7 Å². The van der Waals surface area contributed by atoms with Gasteiger partial charge in [-0.1, -0.05) is 0 Å².